The van der Waals surface area contributed by atoms with Gasteiger partial charge in [-0.2, -0.15) is 0 Å². The first-order valence-corrected chi connectivity index (χ1v) is 7.07. The summed E-state index contributed by atoms with van der Waals surface area (Å²) >= 11 is 1.92. The number of hydrogen-bond acceptors (Lipinski definition) is 3. The first kappa shape index (κ1) is 13.1. The minimum atomic E-state index is -0.288. The van der Waals surface area contributed by atoms with Crippen LogP contribution in [0.3, 0.4) is 0 Å². The highest BCUT2D eigenvalue weighted by molar-refractivity contribution is 14.1. The van der Waals surface area contributed by atoms with Gasteiger partial charge in [0.2, 0.25) is 0 Å². The van der Waals surface area contributed by atoms with E-state index in [-0.39, 0.29) is 5.82 Å². The molecule has 0 saturated heterocycles. The van der Waals surface area contributed by atoms with Gasteiger partial charge in [0.1, 0.15) is 5.82 Å². The SMILES string of the molecule is Nc1cc(I)c(F)cc1Nc1cccc2cnccc12. The zero-order valence-corrected chi connectivity index (χ0v) is 12.6. The number of hydrogen-bond donors (Lipinski definition) is 2. The number of benzene rings is 2. The molecule has 5 heteroatoms. The molecule has 0 fully saturated rings. The lowest BCUT2D eigenvalue weighted by Crippen LogP contribution is -1.99. The molecule has 1 heterocycles. The Morgan fingerprint density at radius 2 is 2.00 bits per heavy atom. The Morgan fingerprint density at radius 1 is 1.15 bits per heavy atom. The number of aromatic nitrogens is 1. The summed E-state index contributed by atoms with van der Waals surface area (Å²) in [6, 6.07) is 10.8. The number of nitrogens with two attached hydrogens (primary N) is 1. The van der Waals surface area contributed by atoms with Gasteiger partial charge in [0.25, 0.3) is 0 Å². The third-order valence-corrected chi connectivity index (χ3v) is 3.87. The molecular formula is C15H11FIN3. The second-order valence-electron chi connectivity index (χ2n) is 4.38. The van der Waals surface area contributed by atoms with Crippen molar-refractivity contribution in [1.82, 2.24) is 4.98 Å². The van der Waals surface area contributed by atoms with Crippen LogP contribution in [0.1, 0.15) is 0 Å². The van der Waals surface area contributed by atoms with Crippen LogP contribution in [0.15, 0.2) is 48.8 Å². The molecule has 3 nitrogen and oxygen atoms in total. The summed E-state index contributed by atoms with van der Waals surface area (Å²) < 4.78 is 14.2. The van der Waals surface area contributed by atoms with Gasteiger partial charge >= 0.3 is 0 Å². The van der Waals surface area contributed by atoms with E-state index in [1.807, 2.05) is 46.9 Å². The predicted molar refractivity (Wildman–Crippen MR) is 88.6 cm³/mol. The highest BCUT2D eigenvalue weighted by Gasteiger charge is 2.08. The van der Waals surface area contributed by atoms with E-state index in [9.17, 15) is 4.39 Å². The van der Waals surface area contributed by atoms with Crippen molar-refractivity contribution < 1.29 is 4.39 Å². The summed E-state index contributed by atoms with van der Waals surface area (Å²) in [5.74, 6) is -0.288. The normalized spacial score (nSPS) is 10.7. The number of nitrogens with one attached hydrogen (secondary N) is 1. The van der Waals surface area contributed by atoms with Crippen LogP contribution < -0.4 is 11.1 Å². The molecule has 0 saturated carbocycles. The molecule has 2 aromatic carbocycles. The fourth-order valence-electron chi connectivity index (χ4n) is 2.05. The number of nitrogens with zero attached hydrogens (tertiary/aromatic N) is 1. The van der Waals surface area contributed by atoms with Crippen molar-refractivity contribution in [3.8, 4) is 0 Å². The Morgan fingerprint density at radius 3 is 2.85 bits per heavy atom. The lowest BCUT2D eigenvalue weighted by molar-refractivity contribution is 0.621. The molecule has 3 rings (SSSR count). The van der Waals surface area contributed by atoms with Crippen LogP contribution in [0.2, 0.25) is 0 Å². The molecule has 0 radical (unpaired) electrons. The fourth-order valence-corrected chi connectivity index (χ4v) is 2.54. The number of halogens is 2. The Bertz CT molecular complexity index is 784. The number of anilines is 3. The molecular weight excluding hydrogens is 368 g/mol. The number of fused-ring (bicyclic) bond motifs is 1. The van der Waals surface area contributed by atoms with Crippen molar-refractivity contribution >= 4 is 50.4 Å². The second-order valence-corrected chi connectivity index (χ2v) is 5.54. The summed E-state index contributed by atoms with van der Waals surface area (Å²) in [6.45, 7) is 0. The minimum Gasteiger partial charge on any atom is -0.397 e. The molecule has 0 spiro atoms. The van der Waals surface area contributed by atoms with Crippen molar-refractivity contribution in [3.05, 3.63) is 58.2 Å². The van der Waals surface area contributed by atoms with E-state index < -0.39 is 0 Å². The first-order chi connectivity index (χ1) is 9.65. The van der Waals surface area contributed by atoms with Crippen LogP contribution >= 0.6 is 22.6 Å². The maximum atomic E-state index is 13.7. The summed E-state index contributed by atoms with van der Waals surface area (Å²) in [6.07, 6.45) is 3.52. The van der Waals surface area contributed by atoms with Gasteiger partial charge in [0, 0.05) is 34.9 Å². The minimum absolute atomic E-state index is 0.288. The van der Waals surface area contributed by atoms with E-state index in [1.165, 1.54) is 6.07 Å². The quantitative estimate of drug-likeness (QED) is 0.516. The van der Waals surface area contributed by atoms with Gasteiger partial charge in [0.05, 0.1) is 14.9 Å². The van der Waals surface area contributed by atoms with Gasteiger partial charge in [-0.3, -0.25) is 4.98 Å². The third kappa shape index (κ3) is 2.40. The fraction of sp³-hybridized carbons (Fsp3) is 0. The number of nitrogen functional groups attached to an aromatic ring is 1. The molecule has 100 valence electrons. The molecule has 1 aromatic heterocycles. The van der Waals surface area contributed by atoms with Crippen molar-refractivity contribution in [3.63, 3.8) is 0 Å². The molecule has 0 bridgehead atoms. The van der Waals surface area contributed by atoms with E-state index in [2.05, 4.69) is 10.3 Å². The zero-order valence-electron chi connectivity index (χ0n) is 10.4. The van der Waals surface area contributed by atoms with Crippen LogP contribution in [-0.4, -0.2) is 4.98 Å². The van der Waals surface area contributed by atoms with Crippen molar-refractivity contribution in [2.45, 2.75) is 0 Å². The molecule has 0 aliphatic carbocycles. The molecule has 3 N–H and O–H groups in total. The average Bonchev–Trinajstić information content (AvgIpc) is 2.45. The standard InChI is InChI=1S/C15H11FIN3/c16-11-6-15(13(18)7-12(11)17)20-14-3-1-2-9-8-19-5-4-10(9)14/h1-8,20H,18H2. The van der Waals surface area contributed by atoms with E-state index in [4.69, 9.17) is 5.73 Å². The van der Waals surface area contributed by atoms with Crippen molar-refractivity contribution in [2.75, 3.05) is 11.1 Å². The molecule has 3 aromatic rings. The average molecular weight is 379 g/mol. The Kier molecular flexibility index (Phi) is 3.43. The van der Waals surface area contributed by atoms with Crippen LogP contribution in [0.4, 0.5) is 21.5 Å². The van der Waals surface area contributed by atoms with Gasteiger partial charge in [-0.15, -0.1) is 0 Å². The molecule has 0 aliphatic rings. The molecule has 20 heavy (non-hydrogen) atoms. The monoisotopic (exact) mass is 379 g/mol. The van der Waals surface area contributed by atoms with E-state index in [1.54, 1.807) is 18.5 Å². The number of pyridine rings is 1. The van der Waals surface area contributed by atoms with Gasteiger partial charge in [-0.25, -0.2) is 4.39 Å². The van der Waals surface area contributed by atoms with Gasteiger partial charge in [-0.1, -0.05) is 12.1 Å². The molecule has 0 atom stereocenters. The predicted octanol–water partition coefficient (Wildman–Crippen LogP) is 4.30. The Hall–Kier alpha value is -1.89. The van der Waals surface area contributed by atoms with Crippen molar-refractivity contribution in [2.24, 2.45) is 0 Å². The van der Waals surface area contributed by atoms with Gasteiger partial charge in [-0.05, 0) is 40.8 Å². The lowest BCUT2D eigenvalue weighted by Gasteiger charge is -2.12. The molecule has 0 unspecified atom stereocenters. The van der Waals surface area contributed by atoms with Gasteiger partial charge in [0.15, 0.2) is 0 Å². The van der Waals surface area contributed by atoms with E-state index >= 15 is 0 Å². The Labute approximate surface area is 129 Å². The molecule has 0 amide bonds. The topological polar surface area (TPSA) is 50.9 Å². The second kappa shape index (κ2) is 5.24. The molecule has 0 aliphatic heterocycles. The van der Waals surface area contributed by atoms with Crippen LogP contribution in [-0.2, 0) is 0 Å². The highest BCUT2D eigenvalue weighted by Crippen LogP contribution is 2.30. The van der Waals surface area contributed by atoms with E-state index in [0.717, 1.165) is 16.5 Å². The highest BCUT2D eigenvalue weighted by atomic mass is 127. The lowest BCUT2D eigenvalue weighted by atomic mass is 10.1. The maximum Gasteiger partial charge on any atom is 0.138 e. The van der Waals surface area contributed by atoms with Gasteiger partial charge < -0.3 is 11.1 Å². The summed E-state index contributed by atoms with van der Waals surface area (Å²) in [7, 11) is 0. The van der Waals surface area contributed by atoms with Crippen LogP contribution in [0, 0.1) is 9.39 Å². The summed E-state index contributed by atoms with van der Waals surface area (Å²) in [5, 5.41) is 5.22. The number of rotatable bonds is 2. The van der Waals surface area contributed by atoms with Crippen molar-refractivity contribution in [1.29, 1.82) is 0 Å². The Balaban J connectivity index is 2.08. The maximum absolute atomic E-state index is 13.7. The van der Waals surface area contributed by atoms with Crippen LogP contribution in [0.5, 0.6) is 0 Å². The largest absolute Gasteiger partial charge is 0.397 e. The third-order valence-electron chi connectivity index (χ3n) is 3.04. The summed E-state index contributed by atoms with van der Waals surface area (Å²) in [5.41, 5.74) is 7.89. The zero-order chi connectivity index (χ0) is 14.1. The summed E-state index contributed by atoms with van der Waals surface area (Å²) in [4.78, 5) is 4.09. The first-order valence-electron chi connectivity index (χ1n) is 5.99. The smallest absolute Gasteiger partial charge is 0.138 e. The van der Waals surface area contributed by atoms with Crippen LogP contribution in [0.25, 0.3) is 10.8 Å². The van der Waals surface area contributed by atoms with E-state index in [0.29, 0.717) is 14.9 Å².